The Kier molecular flexibility index (Phi) is 7.16. The molecule has 0 atom stereocenters. The molecule has 7 heteroatoms. The van der Waals surface area contributed by atoms with Gasteiger partial charge in [0.05, 0.1) is 12.9 Å². The fourth-order valence-electron chi connectivity index (χ4n) is 1.93. The van der Waals surface area contributed by atoms with Crippen molar-refractivity contribution >= 4 is 40.9 Å². The van der Waals surface area contributed by atoms with Gasteiger partial charge in [0.25, 0.3) is 5.91 Å². The highest BCUT2D eigenvalue weighted by atomic mass is 35.5. The molecule has 0 aliphatic rings. The molecular weight excluding hydrogens is 362 g/mol. The van der Waals surface area contributed by atoms with Crippen LogP contribution in [0.3, 0.4) is 0 Å². The first-order valence-corrected chi connectivity index (χ1v) is 8.83. The van der Waals surface area contributed by atoms with Gasteiger partial charge in [-0.3, -0.25) is 9.59 Å². The van der Waals surface area contributed by atoms with E-state index in [1.807, 2.05) is 24.3 Å². The van der Waals surface area contributed by atoms with Crippen LogP contribution < -0.4 is 10.1 Å². The van der Waals surface area contributed by atoms with Gasteiger partial charge in [-0.2, -0.15) is 0 Å². The number of halogens is 1. The molecule has 132 valence electrons. The van der Waals surface area contributed by atoms with Gasteiger partial charge >= 0.3 is 5.97 Å². The Morgan fingerprint density at radius 1 is 1.16 bits per heavy atom. The number of methoxy groups -OCH3 is 1. The lowest BCUT2D eigenvalue weighted by atomic mass is 10.2. The van der Waals surface area contributed by atoms with Crippen LogP contribution in [0.25, 0.3) is 0 Å². The summed E-state index contributed by atoms with van der Waals surface area (Å²) in [7, 11) is 1.59. The van der Waals surface area contributed by atoms with Gasteiger partial charge in [-0.15, -0.1) is 11.8 Å². The maximum atomic E-state index is 11.9. The van der Waals surface area contributed by atoms with Gasteiger partial charge in [0, 0.05) is 15.6 Å². The molecule has 0 bridgehead atoms. The standard InChI is InChI=1S/C18H18ClNO4S/c1-12-15(19)4-3-5-16(12)20-17(21)10-24-18(22)11-25-14-8-6-13(23-2)7-9-14/h3-9H,10-11H2,1-2H3,(H,20,21). The van der Waals surface area contributed by atoms with Crippen LogP contribution in [0.4, 0.5) is 5.69 Å². The Bertz CT molecular complexity index is 749. The summed E-state index contributed by atoms with van der Waals surface area (Å²) in [5.74, 6) is 0.00218. The smallest absolute Gasteiger partial charge is 0.316 e. The first-order chi connectivity index (χ1) is 12.0. The van der Waals surface area contributed by atoms with Crippen molar-refractivity contribution in [1.82, 2.24) is 0 Å². The Morgan fingerprint density at radius 3 is 2.56 bits per heavy atom. The minimum Gasteiger partial charge on any atom is -0.497 e. The number of amides is 1. The number of carbonyl (C=O) groups excluding carboxylic acids is 2. The summed E-state index contributed by atoms with van der Waals surface area (Å²) in [6.45, 7) is 1.46. The van der Waals surface area contributed by atoms with Crippen molar-refractivity contribution in [2.24, 2.45) is 0 Å². The molecule has 25 heavy (non-hydrogen) atoms. The van der Waals surface area contributed by atoms with Crippen LogP contribution >= 0.6 is 23.4 Å². The molecule has 2 aromatic rings. The van der Waals surface area contributed by atoms with Crippen LogP contribution in [0.2, 0.25) is 5.02 Å². The molecule has 5 nitrogen and oxygen atoms in total. The summed E-state index contributed by atoms with van der Waals surface area (Å²) in [6, 6.07) is 12.5. The number of hydrogen-bond donors (Lipinski definition) is 1. The molecule has 0 radical (unpaired) electrons. The van der Waals surface area contributed by atoms with Crippen LogP contribution in [-0.4, -0.2) is 31.3 Å². The van der Waals surface area contributed by atoms with E-state index in [1.165, 1.54) is 11.8 Å². The largest absolute Gasteiger partial charge is 0.497 e. The molecule has 0 aromatic heterocycles. The predicted octanol–water partition coefficient (Wildman–Crippen LogP) is 3.93. The van der Waals surface area contributed by atoms with Gasteiger partial charge in [-0.25, -0.2) is 0 Å². The second-order valence-corrected chi connectivity index (χ2v) is 6.54. The van der Waals surface area contributed by atoms with Gasteiger partial charge in [0.2, 0.25) is 0 Å². The molecule has 0 aliphatic carbocycles. The zero-order valence-corrected chi connectivity index (χ0v) is 15.4. The first kappa shape index (κ1) is 19.1. The number of anilines is 1. The number of carbonyl (C=O) groups is 2. The normalized spacial score (nSPS) is 10.2. The molecule has 0 aliphatic heterocycles. The van der Waals surface area contributed by atoms with Crippen LogP contribution in [0.15, 0.2) is 47.4 Å². The van der Waals surface area contributed by atoms with E-state index in [0.29, 0.717) is 10.7 Å². The van der Waals surface area contributed by atoms with Crippen LogP contribution in [-0.2, 0) is 14.3 Å². The predicted molar refractivity (Wildman–Crippen MR) is 99.5 cm³/mol. The third kappa shape index (κ3) is 5.99. The maximum absolute atomic E-state index is 11.9. The zero-order valence-electron chi connectivity index (χ0n) is 13.9. The SMILES string of the molecule is COc1ccc(SCC(=O)OCC(=O)Nc2cccc(Cl)c2C)cc1. The summed E-state index contributed by atoms with van der Waals surface area (Å²) in [4.78, 5) is 24.5. The molecule has 0 spiro atoms. The topological polar surface area (TPSA) is 64.6 Å². The Labute approximate surface area is 155 Å². The van der Waals surface area contributed by atoms with Gasteiger partial charge in [-0.05, 0) is 48.9 Å². The van der Waals surface area contributed by atoms with E-state index in [1.54, 1.807) is 32.2 Å². The van der Waals surface area contributed by atoms with E-state index in [0.717, 1.165) is 16.2 Å². The van der Waals surface area contributed by atoms with Gasteiger partial charge in [-0.1, -0.05) is 17.7 Å². The average Bonchev–Trinajstić information content (AvgIpc) is 2.62. The molecule has 0 saturated carbocycles. The van der Waals surface area contributed by atoms with Crippen LogP contribution in [0.5, 0.6) is 5.75 Å². The Balaban J connectivity index is 1.75. The van der Waals surface area contributed by atoms with E-state index in [-0.39, 0.29) is 12.4 Å². The molecule has 0 unspecified atom stereocenters. The van der Waals surface area contributed by atoms with Crippen molar-refractivity contribution in [3.05, 3.63) is 53.1 Å². The van der Waals surface area contributed by atoms with Crippen LogP contribution in [0, 0.1) is 6.92 Å². The molecule has 1 amide bonds. The minimum absolute atomic E-state index is 0.121. The molecule has 0 heterocycles. The summed E-state index contributed by atoms with van der Waals surface area (Å²) >= 11 is 7.32. The van der Waals surface area contributed by atoms with Gasteiger partial charge < -0.3 is 14.8 Å². The molecule has 2 rings (SSSR count). The highest BCUT2D eigenvalue weighted by molar-refractivity contribution is 8.00. The molecule has 1 N–H and O–H groups in total. The highest BCUT2D eigenvalue weighted by Crippen LogP contribution is 2.23. The fourth-order valence-corrected chi connectivity index (χ4v) is 2.80. The fraction of sp³-hybridized carbons (Fsp3) is 0.222. The third-order valence-corrected chi connectivity index (χ3v) is 4.72. The monoisotopic (exact) mass is 379 g/mol. The van der Waals surface area contributed by atoms with Crippen molar-refractivity contribution in [3.63, 3.8) is 0 Å². The van der Waals surface area contributed by atoms with Crippen LogP contribution in [0.1, 0.15) is 5.56 Å². The van der Waals surface area contributed by atoms with Crippen molar-refractivity contribution < 1.29 is 19.1 Å². The highest BCUT2D eigenvalue weighted by Gasteiger charge is 2.10. The first-order valence-electron chi connectivity index (χ1n) is 7.47. The second-order valence-electron chi connectivity index (χ2n) is 5.09. The molecular formula is C18H18ClNO4S. The van der Waals surface area contributed by atoms with Crippen molar-refractivity contribution in [1.29, 1.82) is 0 Å². The van der Waals surface area contributed by atoms with E-state index >= 15 is 0 Å². The van der Waals surface area contributed by atoms with E-state index < -0.39 is 11.9 Å². The quantitative estimate of drug-likeness (QED) is 0.583. The van der Waals surface area contributed by atoms with E-state index in [4.69, 9.17) is 21.1 Å². The summed E-state index contributed by atoms with van der Waals surface area (Å²) < 4.78 is 10.1. The second kappa shape index (κ2) is 9.34. The summed E-state index contributed by atoms with van der Waals surface area (Å²) in [5.41, 5.74) is 1.36. The molecule has 2 aromatic carbocycles. The third-order valence-electron chi connectivity index (χ3n) is 3.32. The molecule has 0 saturated heterocycles. The number of hydrogen-bond acceptors (Lipinski definition) is 5. The van der Waals surface area contributed by atoms with E-state index in [2.05, 4.69) is 5.32 Å². The average molecular weight is 380 g/mol. The van der Waals surface area contributed by atoms with Gasteiger partial charge in [0.1, 0.15) is 5.75 Å². The minimum atomic E-state index is -0.459. The lowest BCUT2D eigenvalue weighted by Crippen LogP contribution is -2.22. The number of thioether (sulfide) groups is 1. The maximum Gasteiger partial charge on any atom is 0.316 e. The number of ether oxygens (including phenoxy) is 2. The number of benzene rings is 2. The van der Waals surface area contributed by atoms with Crippen molar-refractivity contribution in [2.75, 3.05) is 24.8 Å². The van der Waals surface area contributed by atoms with Gasteiger partial charge in [0.15, 0.2) is 6.61 Å². The zero-order chi connectivity index (χ0) is 18.2. The number of esters is 1. The van der Waals surface area contributed by atoms with E-state index in [9.17, 15) is 9.59 Å². The summed E-state index contributed by atoms with van der Waals surface area (Å²) in [6.07, 6.45) is 0. The lowest BCUT2D eigenvalue weighted by molar-refractivity contribution is -0.144. The number of nitrogens with one attached hydrogen (secondary N) is 1. The Hall–Kier alpha value is -2.18. The summed E-state index contributed by atoms with van der Waals surface area (Å²) in [5, 5.41) is 3.23. The lowest BCUT2D eigenvalue weighted by Gasteiger charge is -2.10. The van der Waals surface area contributed by atoms with Crippen molar-refractivity contribution in [3.8, 4) is 5.75 Å². The van der Waals surface area contributed by atoms with Crippen molar-refractivity contribution in [2.45, 2.75) is 11.8 Å². The number of rotatable bonds is 7. The molecule has 0 fully saturated rings. The Morgan fingerprint density at radius 2 is 1.88 bits per heavy atom.